The highest BCUT2D eigenvalue weighted by molar-refractivity contribution is 6.06. The molecule has 2 aliphatic heterocycles. The third-order valence-electron chi connectivity index (χ3n) is 6.44. The molecule has 1 aromatic carbocycles. The largest absolute Gasteiger partial charge is 0.381 e. The molecule has 2 amide bonds. The van der Waals surface area contributed by atoms with Crippen molar-refractivity contribution in [1.82, 2.24) is 20.4 Å². The van der Waals surface area contributed by atoms with Gasteiger partial charge in [-0.15, -0.1) is 0 Å². The van der Waals surface area contributed by atoms with Crippen LogP contribution in [-0.4, -0.2) is 53.2 Å². The van der Waals surface area contributed by atoms with Crippen LogP contribution in [0.1, 0.15) is 64.4 Å². The second kappa shape index (κ2) is 11.3. The second-order valence-corrected chi connectivity index (χ2v) is 10.7. The van der Waals surface area contributed by atoms with Crippen LogP contribution < -0.4 is 10.6 Å². The lowest BCUT2D eigenvalue weighted by Crippen LogP contribution is -2.48. The van der Waals surface area contributed by atoms with Crippen LogP contribution >= 0.6 is 0 Å². The molecule has 192 valence electrons. The topological polar surface area (TPSA) is 102 Å². The van der Waals surface area contributed by atoms with E-state index in [1.54, 1.807) is 16.8 Å². The number of carbonyl (C=O) groups excluding carboxylic acids is 3. The number of para-hydroxylation sites is 1. The lowest BCUT2D eigenvalue weighted by atomic mass is 9.84. The number of carbonyl (C=O) groups is 3. The summed E-state index contributed by atoms with van der Waals surface area (Å²) in [6.45, 7) is 12.0. The molecule has 2 aliphatic rings. The molecular formula is C26H37FN4O4. The second-order valence-electron chi connectivity index (χ2n) is 10.7. The summed E-state index contributed by atoms with van der Waals surface area (Å²) in [6, 6.07) is 3.99. The van der Waals surface area contributed by atoms with Crippen molar-refractivity contribution in [2.45, 2.75) is 66.5 Å². The van der Waals surface area contributed by atoms with Crippen LogP contribution in [0.2, 0.25) is 0 Å². The summed E-state index contributed by atoms with van der Waals surface area (Å²) in [5.41, 5.74) is 0.0408. The van der Waals surface area contributed by atoms with Gasteiger partial charge in [0, 0.05) is 38.1 Å². The van der Waals surface area contributed by atoms with Crippen LogP contribution in [0.5, 0.6) is 0 Å². The Labute approximate surface area is 206 Å². The van der Waals surface area contributed by atoms with Crippen LogP contribution in [0.4, 0.5) is 4.39 Å². The Balaban J connectivity index is 0.000000420. The number of hydrogen-bond acceptors (Lipinski definition) is 5. The first kappa shape index (κ1) is 26.8. The lowest BCUT2D eigenvalue weighted by Gasteiger charge is -2.29. The van der Waals surface area contributed by atoms with Crippen LogP contribution in [0.15, 0.2) is 18.2 Å². The van der Waals surface area contributed by atoms with Gasteiger partial charge >= 0.3 is 0 Å². The quantitative estimate of drug-likeness (QED) is 0.671. The van der Waals surface area contributed by atoms with E-state index < -0.39 is 23.2 Å². The van der Waals surface area contributed by atoms with E-state index in [2.05, 4.69) is 22.7 Å². The van der Waals surface area contributed by atoms with E-state index in [4.69, 9.17) is 4.74 Å². The van der Waals surface area contributed by atoms with Gasteiger partial charge in [-0.3, -0.25) is 19.1 Å². The average Bonchev–Trinajstić information content (AvgIpc) is 3.35. The highest BCUT2D eigenvalue weighted by Gasteiger charge is 2.32. The van der Waals surface area contributed by atoms with Gasteiger partial charge in [-0.25, -0.2) is 4.39 Å². The van der Waals surface area contributed by atoms with Crippen molar-refractivity contribution in [1.29, 1.82) is 0 Å². The van der Waals surface area contributed by atoms with E-state index in [0.29, 0.717) is 42.5 Å². The van der Waals surface area contributed by atoms with Crippen LogP contribution in [0, 0.1) is 23.1 Å². The first-order valence-corrected chi connectivity index (χ1v) is 12.3. The number of aromatic nitrogens is 2. The molecule has 3 heterocycles. The molecule has 1 aromatic heterocycles. The minimum absolute atomic E-state index is 0.127. The van der Waals surface area contributed by atoms with E-state index >= 15 is 0 Å². The summed E-state index contributed by atoms with van der Waals surface area (Å²) < 4.78 is 21.6. The molecule has 0 bridgehead atoms. The molecule has 2 fully saturated rings. The molecular weight excluding hydrogens is 451 g/mol. The van der Waals surface area contributed by atoms with Crippen molar-refractivity contribution in [2.75, 3.05) is 19.8 Å². The van der Waals surface area contributed by atoms with Gasteiger partial charge in [-0.05, 0) is 43.1 Å². The summed E-state index contributed by atoms with van der Waals surface area (Å²) >= 11 is 0. The fourth-order valence-electron chi connectivity index (χ4n) is 4.54. The fraction of sp³-hybridized carbons (Fsp3) is 0.615. The van der Waals surface area contributed by atoms with Gasteiger partial charge in [0.05, 0.1) is 6.04 Å². The van der Waals surface area contributed by atoms with Crippen LogP contribution in [-0.2, 0) is 20.9 Å². The van der Waals surface area contributed by atoms with Crippen molar-refractivity contribution in [3.63, 3.8) is 0 Å². The van der Waals surface area contributed by atoms with Gasteiger partial charge in [-0.1, -0.05) is 39.8 Å². The third kappa shape index (κ3) is 6.87. The van der Waals surface area contributed by atoms with Crippen molar-refractivity contribution >= 4 is 28.5 Å². The molecule has 2 N–H and O–H groups in total. The monoisotopic (exact) mass is 488 g/mol. The maximum absolute atomic E-state index is 14.6. The number of ketones is 1. The number of fused-ring (bicyclic) bond motifs is 1. The van der Waals surface area contributed by atoms with E-state index in [-0.39, 0.29) is 17.4 Å². The lowest BCUT2D eigenvalue weighted by molar-refractivity contribution is -0.121. The number of halogens is 1. The Morgan fingerprint density at radius 1 is 1.29 bits per heavy atom. The molecule has 2 unspecified atom stereocenters. The maximum atomic E-state index is 14.6. The molecule has 2 atom stereocenters. The smallest absolute Gasteiger partial charge is 0.273 e. The van der Waals surface area contributed by atoms with E-state index in [1.165, 1.54) is 13.0 Å². The minimum atomic E-state index is -0.649. The van der Waals surface area contributed by atoms with Gasteiger partial charge in [0.25, 0.3) is 5.91 Å². The molecule has 8 nitrogen and oxygen atoms in total. The Kier molecular flexibility index (Phi) is 8.64. The number of hydrogen-bond donors (Lipinski definition) is 2. The van der Waals surface area contributed by atoms with E-state index in [1.807, 2.05) is 20.8 Å². The molecule has 0 spiro atoms. The van der Waals surface area contributed by atoms with Crippen molar-refractivity contribution in [2.24, 2.45) is 17.3 Å². The molecule has 0 radical (unpaired) electrons. The molecule has 0 saturated carbocycles. The summed E-state index contributed by atoms with van der Waals surface area (Å²) in [4.78, 5) is 35.3. The third-order valence-corrected chi connectivity index (χ3v) is 6.44. The van der Waals surface area contributed by atoms with Crippen molar-refractivity contribution in [3.8, 4) is 0 Å². The highest BCUT2D eigenvalue weighted by atomic mass is 19.1. The zero-order chi connectivity index (χ0) is 25.8. The molecule has 2 aromatic rings. The minimum Gasteiger partial charge on any atom is -0.381 e. The van der Waals surface area contributed by atoms with Crippen LogP contribution in [0.3, 0.4) is 0 Å². The number of ether oxygens (including phenoxy) is 1. The number of rotatable bonds is 5. The Bertz CT molecular complexity index is 1070. The summed E-state index contributed by atoms with van der Waals surface area (Å²) in [7, 11) is 0. The van der Waals surface area contributed by atoms with E-state index in [0.717, 1.165) is 25.8 Å². The predicted octanol–water partition coefficient (Wildman–Crippen LogP) is 3.48. The number of nitrogens with zero attached hydrogens (tertiary/aromatic N) is 2. The Morgan fingerprint density at radius 3 is 2.49 bits per heavy atom. The normalized spacial score (nSPS) is 19.6. The Morgan fingerprint density at radius 2 is 1.97 bits per heavy atom. The van der Waals surface area contributed by atoms with Gasteiger partial charge < -0.3 is 15.4 Å². The summed E-state index contributed by atoms with van der Waals surface area (Å²) in [5, 5.41) is 10.4. The molecule has 35 heavy (non-hydrogen) atoms. The molecule has 4 rings (SSSR count). The van der Waals surface area contributed by atoms with Crippen LogP contribution in [0.25, 0.3) is 10.9 Å². The summed E-state index contributed by atoms with van der Waals surface area (Å²) in [6.07, 6.45) is 2.49. The van der Waals surface area contributed by atoms with Crippen molar-refractivity contribution in [3.05, 3.63) is 29.7 Å². The van der Waals surface area contributed by atoms with Gasteiger partial charge in [0.1, 0.15) is 11.3 Å². The van der Waals surface area contributed by atoms with Gasteiger partial charge in [0.2, 0.25) is 5.91 Å². The zero-order valence-electron chi connectivity index (χ0n) is 21.3. The average molecular weight is 489 g/mol. The summed E-state index contributed by atoms with van der Waals surface area (Å²) in [5.74, 6) is 0.0939. The first-order valence-electron chi connectivity index (χ1n) is 12.3. The standard InChI is InChI=1S/C21H28FN3O3.C5H9NO/c1-13(26)19(21(2,3)4)23-20(27)17-15-6-5-7-16(22)18(15)25(24-17)12-14-8-10-28-11-9-14;1-4-2-5(7)6-3-4/h5-7,14,19H,8-12H2,1-4H3,(H,23,27);4H,2-3H2,1H3,(H,6,7). The van der Waals surface area contributed by atoms with E-state index in [9.17, 15) is 18.8 Å². The van der Waals surface area contributed by atoms with Gasteiger partial charge in [0.15, 0.2) is 11.5 Å². The van der Waals surface area contributed by atoms with Gasteiger partial charge in [-0.2, -0.15) is 5.10 Å². The molecule has 0 aliphatic carbocycles. The number of nitrogens with one attached hydrogen (secondary N) is 2. The fourth-order valence-corrected chi connectivity index (χ4v) is 4.54. The zero-order valence-corrected chi connectivity index (χ0v) is 21.3. The SMILES string of the molecule is CC(=O)C(NC(=O)c1nn(CC2CCOCC2)c2c(F)cccc12)C(C)(C)C.CC1CNC(=O)C1. The highest BCUT2D eigenvalue weighted by Crippen LogP contribution is 2.26. The molecule has 2 saturated heterocycles. The number of benzene rings is 1. The van der Waals surface area contributed by atoms with Crippen molar-refractivity contribution < 1.29 is 23.5 Å². The molecule has 9 heteroatoms. The maximum Gasteiger partial charge on any atom is 0.273 e. The predicted molar refractivity (Wildman–Crippen MR) is 131 cm³/mol. The first-order chi connectivity index (χ1) is 16.5. The Hall–Kier alpha value is -2.81. The number of amides is 2. The number of Topliss-reactive ketones (excluding diaryl/α,β-unsaturated/α-hetero) is 1.